The van der Waals surface area contributed by atoms with Gasteiger partial charge >= 0.3 is 0 Å². The van der Waals surface area contributed by atoms with E-state index >= 15 is 0 Å². The zero-order valence-electron chi connectivity index (χ0n) is 17.2. The number of ether oxygens (including phenoxy) is 2. The zero-order chi connectivity index (χ0) is 20.3. The maximum absolute atomic E-state index is 13.0. The van der Waals surface area contributed by atoms with Crippen LogP contribution in [0, 0.1) is 11.8 Å². The number of aromatic nitrogens is 3. The number of hydrogen-bond donors (Lipinski definition) is 0. The van der Waals surface area contributed by atoms with E-state index in [1.807, 2.05) is 46.1 Å². The van der Waals surface area contributed by atoms with Gasteiger partial charge in [-0.15, -0.1) is 5.10 Å². The molecule has 4 saturated heterocycles. The quantitative estimate of drug-likeness (QED) is 0.716. The average molecular weight is 412 g/mol. The van der Waals surface area contributed by atoms with Crippen molar-refractivity contribution >= 4 is 5.91 Å². The lowest BCUT2D eigenvalue weighted by atomic mass is 9.75. The summed E-state index contributed by atoms with van der Waals surface area (Å²) >= 11 is 0. The summed E-state index contributed by atoms with van der Waals surface area (Å²) in [5.74, 6) is 1.77. The van der Waals surface area contributed by atoms with E-state index in [-0.39, 0.29) is 5.92 Å². The summed E-state index contributed by atoms with van der Waals surface area (Å²) in [5.41, 5.74) is 0.829. The second-order valence-electron chi connectivity index (χ2n) is 8.51. The van der Waals surface area contributed by atoms with Crippen LogP contribution in [0.3, 0.4) is 0 Å². The second-order valence-corrected chi connectivity index (χ2v) is 8.51. The van der Waals surface area contributed by atoms with Crippen LogP contribution in [-0.4, -0.2) is 76.1 Å². The Hall–Kier alpha value is -2.45. The van der Waals surface area contributed by atoms with Gasteiger partial charge in [-0.05, 0) is 37.4 Å². The van der Waals surface area contributed by atoms with E-state index in [2.05, 4.69) is 15.2 Å². The van der Waals surface area contributed by atoms with Gasteiger partial charge in [-0.1, -0.05) is 23.4 Å². The predicted octanol–water partition coefficient (Wildman–Crippen LogP) is 1.43. The van der Waals surface area contributed by atoms with Gasteiger partial charge in [0.05, 0.1) is 31.9 Å². The minimum atomic E-state index is 0.138. The average Bonchev–Trinajstić information content (AvgIpc) is 3.26. The third-order valence-electron chi connectivity index (χ3n) is 6.63. The number of carbonyl (C=O) groups excluding carboxylic acids is 1. The first-order chi connectivity index (χ1) is 14.8. The number of carbonyl (C=O) groups is 1. The Balaban J connectivity index is 1.16. The highest BCUT2D eigenvalue weighted by atomic mass is 16.5. The monoisotopic (exact) mass is 411 g/mol. The minimum Gasteiger partial charge on any atom is -0.487 e. The van der Waals surface area contributed by atoms with Gasteiger partial charge in [0.2, 0.25) is 5.91 Å². The fourth-order valence-corrected chi connectivity index (χ4v) is 5.01. The van der Waals surface area contributed by atoms with E-state index in [0.29, 0.717) is 37.7 Å². The van der Waals surface area contributed by atoms with Crippen LogP contribution in [-0.2, 0) is 22.7 Å². The molecule has 4 aliphatic rings. The molecule has 1 aromatic heterocycles. The maximum Gasteiger partial charge on any atom is 0.227 e. The van der Waals surface area contributed by atoms with E-state index < -0.39 is 0 Å². The Kier molecular flexibility index (Phi) is 5.68. The predicted molar refractivity (Wildman–Crippen MR) is 110 cm³/mol. The van der Waals surface area contributed by atoms with Gasteiger partial charge in [0.25, 0.3) is 0 Å². The molecule has 8 nitrogen and oxygen atoms in total. The van der Waals surface area contributed by atoms with Gasteiger partial charge in [-0.2, -0.15) is 0 Å². The molecule has 4 aliphatic heterocycles. The van der Waals surface area contributed by atoms with E-state index in [0.717, 1.165) is 57.0 Å². The van der Waals surface area contributed by atoms with Crippen LogP contribution < -0.4 is 4.74 Å². The topological polar surface area (TPSA) is 72.7 Å². The summed E-state index contributed by atoms with van der Waals surface area (Å²) in [6, 6.07) is 10.2. The summed E-state index contributed by atoms with van der Waals surface area (Å²) in [7, 11) is 0. The first-order valence-electron chi connectivity index (χ1n) is 10.9. The molecule has 2 aromatic rings. The number of morpholine rings is 1. The van der Waals surface area contributed by atoms with Crippen molar-refractivity contribution in [3.8, 4) is 5.75 Å². The maximum atomic E-state index is 13.0. The number of nitrogens with zero attached hydrogens (tertiary/aromatic N) is 5. The Morgan fingerprint density at radius 1 is 1.17 bits per heavy atom. The standard InChI is InChI=1S/C22H29N5O3/c28-22(25-8-10-29-11-9-25)21-15-26-7-6-17(21)12-19(26)14-27-13-18(23-24-27)16-30-20-4-2-1-3-5-20/h1-5,13,17,19,21H,6-12,14-16H2/t17?,19-,21+/m1/s1. The van der Waals surface area contributed by atoms with Gasteiger partial charge in [0.15, 0.2) is 0 Å². The lowest BCUT2D eigenvalue weighted by Crippen LogP contribution is -2.59. The third kappa shape index (κ3) is 4.20. The highest BCUT2D eigenvalue weighted by Gasteiger charge is 2.44. The van der Waals surface area contributed by atoms with E-state index in [9.17, 15) is 4.79 Å². The van der Waals surface area contributed by atoms with Crippen LogP contribution in [0.5, 0.6) is 5.75 Å². The summed E-state index contributed by atoms with van der Waals surface area (Å²) in [6.45, 7) is 5.96. The molecule has 0 spiro atoms. The zero-order valence-corrected chi connectivity index (χ0v) is 17.2. The molecule has 0 aliphatic carbocycles. The molecule has 160 valence electrons. The van der Waals surface area contributed by atoms with E-state index in [4.69, 9.17) is 9.47 Å². The van der Waals surface area contributed by atoms with E-state index in [1.54, 1.807) is 0 Å². The first-order valence-corrected chi connectivity index (χ1v) is 10.9. The van der Waals surface area contributed by atoms with Crippen LogP contribution >= 0.6 is 0 Å². The lowest BCUT2D eigenvalue weighted by molar-refractivity contribution is -0.148. The van der Waals surface area contributed by atoms with Crippen LogP contribution in [0.15, 0.2) is 36.5 Å². The van der Waals surface area contributed by atoms with Gasteiger partial charge < -0.3 is 14.4 Å². The molecule has 1 aromatic carbocycles. The number of benzene rings is 1. The largest absolute Gasteiger partial charge is 0.487 e. The third-order valence-corrected chi connectivity index (χ3v) is 6.63. The Bertz CT molecular complexity index is 851. The highest BCUT2D eigenvalue weighted by molar-refractivity contribution is 5.79. The normalized spacial score (nSPS) is 28.5. The number of rotatable bonds is 6. The molecule has 5 heterocycles. The first kappa shape index (κ1) is 19.5. The Morgan fingerprint density at radius 2 is 2.00 bits per heavy atom. The molecular formula is C22H29N5O3. The number of fused-ring (bicyclic) bond motifs is 3. The SMILES string of the molecule is O=C([C@H]1CN2CCC1C[C@@H]2Cn1cc(COc2ccccc2)nn1)N1CCOCC1. The summed E-state index contributed by atoms with van der Waals surface area (Å²) in [6.07, 6.45) is 4.14. The molecular weight excluding hydrogens is 382 g/mol. The van der Waals surface area contributed by atoms with Gasteiger partial charge in [-0.3, -0.25) is 14.4 Å². The van der Waals surface area contributed by atoms with Crippen molar-refractivity contribution in [3.05, 3.63) is 42.2 Å². The van der Waals surface area contributed by atoms with Gasteiger partial charge in [-0.25, -0.2) is 0 Å². The molecule has 6 rings (SSSR count). The smallest absolute Gasteiger partial charge is 0.227 e. The van der Waals surface area contributed by atoms with Crippen molar-refractivity contribution in [1.82, 2.24) is 24.8 Å². The molecule has 0 radical (unpaired) electrons. The van der Waals surface area contributed by atoms with Gasteiger partial charge in [0, 0.05) is 25.7 Å². The molecule has 8 heteroatoms. The molecule has 0 N–H and O–H groups in total. The molecule has 4 atom stereocenters. The van der Waals surface area contributed by atoms with Gasteiger partial charge in [0.1, 0.15) is 18.1 Å². The second kappa shape index (κ2) is 8.73. The van der Waals surface area contributed by atoms with Crippen molar-refractivity contribution in [1.29, 1.82) is 0 Å². The fourth-order valence-electron chi connectivity index (χ4n) is 5.01. The Labute approximate surface area is 176 Å². The molecule has 0 saturated carbocycles. The molecule has 2 bridgehead atoms. The van der Waals surface area contributed by atoms with E-state index in [1.165, 1.54) is 0 Å². The van der Waals surface area contributed by atoms with Crippen LogP contribution in [0.4, 0.5) is 0 Å². The highest BCUT2D eigenvalue weighted by Crippen LogP contribution is 2.37. The summed E-state index contributed by atoms with van der Waals surface area (Å²) in [5, 5.41) is 8.56. The number of para-hydroxylation sites is 1. The summed E-state index contributed by atoms with van der Waals surface area (Å²) in [4.78, 5) is 17.5. The lowest BCUT2D eigenvalue weighted by Gasteiger charge is -2.50. The summed E-state index contributed by atoms with van der Waals surface area (Å²) < 4.78 is 13.1. The van der Waals surface area contributed by atoms with Crippen LogP contribution in [0.2, 0.25) is 0 Å². The van der Waals surface area contributed by atoms with Crippen molar-refractivity contribution < 1.29 is 14.3 Å². The molecule has 2 unspecified atom stereocenters. The molecule has 1 amide bonds. The van der Waals surface area contributed by atoms with Crippen molar-refractivity contribution in [2.24, 2.45) is 11.8 Å². The van der Waals surface area contributed by atoms with Crippen molar-refractivity contribution in [2.45, 2.75) is 32.0 Å². The van der Waals surface area contributed by atoms with Crippen LogP contribution in [0.25, 0.3) is 0 Å². The number of amides is 1. The molecule has 4 fully saturated rings. The Morgan fingerprint density at radius 3 is 2.77 bits per heavy atom. The number of hydrogen-bond acceptors (Lipinski definition) is 6. The minimum absolute atomic E-state index is 0.138. The fraction of sp³-hybridized carbons (Fsp3) is 0.591. The van der Waals surface area contributed by atoms with Crippen molar-refractivity contribution in [3.63, 3.8) is 0 Å². The van der Waals surface area contributed by atoms with Crippen LogP contribution in [0.1, 0.15) is 18.5 Å². The number of piperidine rings is 3. The van der Waals surface area contributed by atoms with Crippen molar-refractivity contribution in [2.75, 3.05) is 39.4 Å². The molecule has 30 heavy (non-hydrogen) atoms.